The highest BCUT2D eigenvalue weighted by atomic mass is 32.2. The topological polar surface area (TPSA) is 46.3 Å². The third kappa shape index (κ3) is 5.74. The van der Waals surface area contributed by atoms with E-state index in [4.69, 9.17) is 5.73 Å². The predicted octanol–water partition coefficient (Wildman–Crippen LogP) is 3.03. The van der Waals surface area contributed by atoms with Crippen LogP contribution in [0.1, 0.15) is 59.3 Å². The molecule has 3 nitrogen and oxygen atoms in total. The number of thioether (sulfide) groups is 1. The maximum absolute atomic E-state index is 12.5. The minimum Gasteiger partial charge on any atom is -0.337 e. The van der Waals surface area contributed by atoms with Crippen molar-refractivity contribution in [3.63, 3.8) is 0 Å². The summed E-state index contributed by atoms with van der Waals surface area (Å²) in [6.07, 6.45) is 7.25. The second-order valence-electron chi connectivity index (χ2n) is 5.89. The van der Waals surface area contributed by atoms with Gasteiger partial charge in [0.2, 0.25) is 5.91 Å². The predicted molar refractivity (Wildman–Crippen MR) is 84.4 cm³/mol. The summed E-state index contributed by atoms with van der Waals surface area (Å²) >= 11 is 1.75. The first-order chi connectivity index (χ1) is 9.06. The Morgan fingerprint density at radius 2 is 1.89 bits per heavy atom. The summed E-state index contributed by atoms with van der Waals surface area (Å²) in [5.41, 5.74) is 5.55. The van der Waals surface area contributed by atoms with E-state index >= 15 is 0 Å². The van der Waals surface area contributed by atoms with Crippen LogP contribution in [0.4, 0.5) is 0 Å². The number of nitrogens with two attached hydrogens (primary N) is 1. The summed E-state index contributed by atoms with van der Waals surface area (Å²) in [6.45, 7) is 7.14. The molecule has 1 aliphatic rings. The van der Waals surface area contributed by atoms with Gasteiger partial charge in [0.25, 0.3) is 0 Å². The van der Waals surface area contributed by atoms with Crippen molar-refractivity contribution in [2.75, 3.05) is 12.3 Å². The highest BCUT2D eigenvalue weighted by molar-refractivity contribution is 8.00. The lowest BCUT2D eigenvalue weighted by Gasteiger charge is -2.37. The van der Waals surface area contributed by atoms with Crippen LogP contribution in [0.25, 0.3) is 0 Å². The van der Waals surface area contributed by atoms with E-state index in [-0.39, 0.29) is 0 Å². The summed E-state index contributed by atoms with van der Waals surface area (Å²) in [4.78, 5) is 14.6. The second-order valence-corrected chi connectivity index (χ2v) is 7.31. The Bertz CT molecular complexity index is 265. The minimum atomic E-state index is 0.316. The molecule has 1 fully saturated rings. The van der Waals surface area contributed by atoms with Gasteiger partial charge in [-0.1, -0.05) is 26.2 Å². The largest absolute Gasteiger partial charge is 0.337 e. The number of hydrogen-bond donors (Lipinski definition) is 1. The molecule has 1 amide bonds. The Hall–Kier alpha value is -0.220. The first-order valence-corrected chi connectivity index (χ1v) is 8.74. The van der Waals surface area contributed by atoms with Crippen molar-refractivity contribution in [1.82, 2.24) is 4.90 Å². The van der Waals surface area contributed by atoms with E-state index in [1.807, 2.05) is 0 Å². The van der Waals surface area contributed by atoms with Gasteiger partial charge in [0.1, 0.15) is 0 Å². The molecule has 19 heavy (non-hydrogen) atoms. The molecule has 0 spiro atoms. The number of hydrogen-bond acceptors (Lipinski definition) is 3. The molecule has 1 aliphatic carbocycles. The summed E-state index contributed by atoms with van der Waals surface area (Å²) in [7, 11) is 0. The monoisotopic (exact) mass is 286 g/mol. The Labute approximate surface area is 122 Å². The van der Waals surface area contributed by atoms with Gasteiger partial charge in [-0.25, -0.2) is 0 Å². The van der Waals surface area contributed by atoms with Crippen molar-refractivity contribution in [3.05, 3.63) is 0 Å². The maximum Gasteiger partial charge on any atom is 0.233 e. The van der Waals surface area contributed by atoms with E-state index in [0.29, 0.717) is 35.5 Å². The highest BCUT2D eigenvalue weighted by Crippen LogP contribution is 2.25. The smallest absolute Gasteiger partial charge is 0.233 e. The fraction of sp³-hybridized carbons (Fsp3) is 0.933. The lowest BCUT2D eigenvalue weighted by atomic mass is 9.93. The van der Waals surface area contributed by atoms with Crippen molar-refractivity contribution in [1.29, 1.82) is 0 Å². The molecule has 0 aromatic carbocycles. The molecule has 1 saturated carbocycles. The van der Waals surface area contributed by atoms with E-state index in [9.17, 15) is 4.79 Å². The molecule has 4 heteroatoms. The zero-order valence-electron chi connectivity index (χ0n) is 12.7. The van der Waals surface area contributed by atoms with Crippen molar-refractivity contribution in [2.24, 2.45) is 5.73 Å². The average Bonchev–Trinajstić information content (AvgIpc) is 2.38. The molecule has 0 saturated heterocycles. The van der Waals surface area contributed by atoms with Gasteiger partial charge < -0.3 is 10.6 Å². The summed E-state index contributed by atoms with van der Waals surface area (Å²) in [5, 5.41) is 0.481. The van der Waals surface area contributed by atoms with Crippen molar-refractivity contribution >= 4 is 17.7 Å². The lowest BCUT2D eigenvalue weighted by Crippen LogP contribution is -2.46. The van der Waals surface area contributed by atoms with E-state index in [1.165, 1.54) is 32.1 Å². The summed E-state index contributed by atoms with van der Waals surface area (Å²) in [6, 6.07) is 0.799. The zero-order valence-corrected chi connectivity index (χ0v) is 13.5. The van der Waals surface area contributed by atoms with Gasteiger partial charge in [0.05, 0.1) is 5.75 Å². The molecule has 1 unspecified atom stereocenters. The van der Waals surface area contributed by atoms with Crippen LogP contribution in [-0.2, 0) is 4.79 Å². The molecule has 0 bridgehead atoms. The fourth-order valence-electron chi connectivity index (χ4n) is 2.88. The molecule has 0 radical (unpaired) electrons. The molecule has 0 heterocycles. The Morgan fingerprint density at radius 3 is 2.42 bits per heavy atom. The molecular weight excluding hydrogens is 256 g/mol. The molecule has 1 atom stereocenters. The van der Waals surface area contributed by atoms with Gasteiger partial charge in [0, 0.05) is 17.3 Å². The lowest BCUT2D eigenvalue weighted by molar-refractivity contribution is -0.133. The zero-order chi connectivity index (χ0) is 14.3. The molecule has 112 valence electrons. The Balaban J connectivity index is 2.48. The summed E-state index contributed by atoms with van der Waals surface area (Å²) < 4.78 is 0. The number of amides is 1. The summed E-state index contributed by atoms with van der Waals surface area (Å²) in [5.74, 6) is 0.923. The normalized spacial score (nSPS) is 18.6. The van der Waals surface area contributed by atoms with Crippen LogP contribution in [0.15, 0.2) is 0 Å². The van der Waals surface area contributed by atoms with Crippen LogP contribution in [0.2, 0.25) is 0 Å². The molecular formula is C15H30N2OS. The quantitative estimate of drug-likeness (QED) is 0.782. The van der Waals surface area contributed by atoms with E-state index in [1.54, 1.807) is 11.8 Å². The Morgan fingerprint density at radius 1 is 1.26 bits per heavy atom. The maximum atomic E-state index is 12.5. The molecule has 0 aromatic heterocycles. The minimum absolute atomic E-state index is 0.316. The number of carbonyl (C=O) groups excluding carboxylic acids is 1. The molecule has 0 aliphatic heterocycles. The van der Waals surface area contributed by atoms with Gasteiger partial charge in [-0.05, 0) is 39.7 Å². The molecule has 0 aromatic rings. The first kappa shape index (κ1) is 16.8. The third-order valence-electron chi connectivity index (χ3n) is 3.88. The van der Waals surface area contributed by atoms with Crippen molar-refractivity contribution in [2.45, 2.75) is 76.6 Å². The van der Waals surface area contributed by atoms with Crippen LogP contribution in [0, 0.1) is 0 Å². The van der Waals surface area contributed by atoms with Crippen LogP contribution in [-0.4, -0.2) is 40.4 Å². The van der Waals surface area contributed by atoms with E-state index in [0.717, 1.165) is 6.42 Å². The third-order valence-corrected chi connectivity index (χ3v) is 5.10. The Kier molecular flexibility index (Phi) is 7.84. The van der Waals surface area contributed by atoms with Gasteiger partial charge in [-0.15, -0.1) is 11.8 Å². The van der Waals surface area contributed by atoms with Gasteiger partial charge >= 0.3 is 0 Å². The number of nitrogens with zero attached hydrogens (tertiary/aromatic N) is 1. The van der Waals surface area contributed by atoms with Crippen molar-refractivity contribution in [3.8, 4) is 0 Å². The van der Waals surface area contributed by atoms with Crippen LogP contribution in [0.3, 0.4) is 0 Å². The molecule has 2 N–H and O–H groups in total. The molecule has 1 rings (SSSR count). The van der Waals surface area contributed by atoms with Gasteiger partial charge in [0.15, 0.2) is 0 Å². The second kappa shape index (κ2) is 8.85. The highest BCUT2D eigenvalue weighted by Gasteiger charge is 2.27. The standard InChI is InChI=1S/C15H30N2OS/c1-12(2)17(14-7-5-4-6-8-14)15(18)11-19-13(3)9-10-16/h12-14H,4-11,16H2,1-3H3. The fourth-order valence-corrected chi connectivity index (χ4v) is 3.76. The van der Waals surface area contributed by atoms with Crippen LogP contribution < -0.4 is 5.73 Å². The number of rotatable bonds is 7. The SMILES string of the molecule is CC(CCN)SCC(=O)N(C(C)C)C1CCCCC1. The van der Waals surface area contributed by atoms with Gasteiger partial charge in [-0.2, -0.15) is 0 Å². The van der Waals surface area contributed by atoms with Crippen LogP contribution in [0.5, 0.6) is 0 Å². The average molecular weight is 286 g/mol. The van der Waals surface area contributed by atoms with Crippen molar-refractivity contribution < 1.29 is 4.79 Å². The van der Waals surface area contributed by atoms with Gasteiger partial charge in [-0.3, -0.25) is 4.79 Å². The first-order valence-electron chi connectivity index (χ1n) is 7.69. The van der Waals surface area contributed by atoms with E-state index < -0.39 is 0 Å². The van der Waals surface area contributed by atoms with Crippen LogP contribution >= 0.6 is 11.8 Å². The van der Waals surface area contributed by atoms with E-state index in [2.05, 4.69) is 25.7 Å². The number of carbonyl (C=O) groups is 1.